The Labute approximate surface area is 146 Å². The van der Waals surface area contributed by atoms with E-state index >= 15 is 0 Å². The number of amides is 1. The van der Waals surface area contributed by atoms with Gasteiger partial charge in [-0.3, -0.25) is 4.79 Å². The molecule has 1 aromatic carbocycles. The summed E-state index contributed by atoms with van der Waals surface area (Å²) in [6.07, 6.45) is 0.201. The molecule has 0 spiro atoms. The zero-order valence-electron chi connectivity index (χ0n) is 13.4. The molecule has 0 radical (unpaired) electrons. The Morgan fingerprint density at radius 3 is 2.62 bits per heavy atom. The van der Waals surface area contributed by atoms with Gasteiger partial charge in [-0.05, 0) is 29.8 Å². The van der Waals surface area contributed by atoms with Gasteiger partial charge in [0.25, 0.3) is 5.91 Å². The average molecular weight is 361 g/mol. The first-order valence-electron chi connectivity index (χ1n) is 7.93. The number of hydrogen-bond donors (Lipinski definition) is 1. The lowest BCUT2D eigenvalue weighted by molar-refractivity contribution is 0.0993. The van der Waals surface area contributed by atoms with Gasteiger partial charge in [-0.1, -0.05) is 0 Å². The molecule has 2 atom stereocenters. The van der Waals surface area contributed by atoms with Gasteiger partial charge < -0.3 is 10.6 Å². The molecular formula is C17H14F3N5O. The molecule has 1 aliphatic rings. The van der Waals surface area contributed by atoms with Crippen molar-refractivity contribution in [3.8, 4) is 0 Å². The smallest absolute Gasteiger partial charge is 0.269 e. The molecule has 1 amide bonds. The molecule has 134 valence electrons. The minimum Gasteiger partial charge on any atom is -0.364 e. The van der Waals surface area contributed by atoms with E-state index in [2.05, 4.69) is 10.1 Å². The molecule has 0 bridgehead atoms. The third kappa shape index (κ3) is 2.75. The normalized spacial score (nSPS) is 20.0. The van der Waals surface area contributed by atoms with E-state index in [0.717, 1.165) is 6.07 Å². The Morgan fingerprint density at radius 2 is 1.92 bits per heavy atom. The van der Waals surface area contributed by atoms with E-state index in [4.69, 9.17) is 5.73 Å². The van der Waals surface area contributed by atoms with Crippen LogP contribution in [0.3, 0.4) is 0 Å². The van der Waals surface area contributed by atoms with Crippen LogP contribution in [0, 0.1) is 11.6 Å². The molecule has 26 heavy (non-hydrogen) atoms. The third-order valence-electron chi connectivity index (χ3n) is 4.41. The fraction of sp³-hybridized carbons (Fsp3) is 0.235. The van der Waals surface area contributed by atoms with Crippen LogP contribution in [0.2, 0.25) is 0 Å². The number of nitrogens with two attached hydrogens (primary N) is 1. The van der Waals surface area contributed by atoms with Gasteiger partial charge in [0.05, 0.1) is 18.8 Å². The number of carbonyl (C=O) groups is 1. The number of primary amides is 1. The van der Waals surface area contributed by atoms with E-state index in [-0.39, 0.29) is 18.7 Å². The molecule has 0 saturated carbocycles. The molecule has 3 heterocycles. The van der Waals surface area contributed by atoms with Crippen molar-refractivity contribution in [2.75, 3.05) is 11.4 Å². The summed E-state index contributed by atoms with van der Waals surface area (Å²) >= 11 is 0. The predicted octanol–water partition coefficient (Wildman–Crippen LogP) is 2.40. The number of carbonyl (C=O) groups excluding carboxylic acids is 1. The zero-order chi connectivity index (χ0) is 18.4. The number of imidazole rings is 1. The number of aromatic nitrogens is 3. The van der Waals surface area contributed by atoms with E-state index in [0.29, 0.717) is 17.0 Å². The molecule has 3 aromatic rings. The highest BCUT2D eigenvalue weighted by atomic mass is 19.1. The highest BCUT2D eigenvalue weighted by Crippen LogP contribution is 2.37. The third-order valence-corrected chi connectivity index (χ3v) is 4.41. The summed E-state index contributed by atoms with van der Waals surface area (Å²) in [6.45, 7) is 0.0158. The van der Waals surface area contributed by atoms with Gasteiger partial charge in [-0.25, -0.2) is 22.7 Å². The van der Waals surface area contributed by atoms with E-state index in [1.54, 1.807) is 17.0 Å². The number of halogens is 3. The largest absolute Gasteiger partial charge is 0.364 e. The van der Waals surface area contributed by atoms with Crippen LogP contribution in [0.4, 0.5) is 19.0 Å². The summed E-state index contributed by atoms with van der Waals surface area (Å²) < 4.78 is 42.5. The molecule has 6 nitrogen and oxygen atoms in total. The Balaban J connectivity index is 1.78. The van der Waals surface area contributed by atoms with Gasteiger partial charge in [0, 0.05) is 12.5 Å². The van der Waals surface area contributed by atoms with Crippen molar-refractivity contribution in [1.29, 1.82) is 0 Å². The molecule has 1 fully saturated rings. The number of rotatable bonds is 3. The monoisotopic (exact) mass is 361 g/mol. The van der Waals surface area contributed by atoms with Gasteiger partial charge in [0.15, 0.2) is 5.65 Å². The molecule has 1 aliphatic heterocycles. The van der Waals surface area contributed by atoms with Crippen molar-refractivity contribution in [3.05, 3.63) is 59.4 Å². The topological polar surface area (TPSA) is 76.5 Å². The number of benzene rings is 1. The van der Waals surface area contributed by atoms with Crippen LogP contribution < -0.4 is 10.6 Å². The standard InChI is InChI=1S/C17H14F3N5O/c18-10-3-9(4-11(19)5-10)13-6-12(20)8-24(13)16-2-1-15-22-7-14(17(21)26)25(15)23-16/h1-5,7,12-13H,6,8H2,(H2,21,26). The van der Waals surface area contributed by atoms with E-state index in [1.807, 2.05) is 0 Å². The number of nitrogens with zero attached hydrogens (tertiary/aromatic N) is 4. The van der Waals surface area contributed by atoms with Gasteiger partial charge in [0.2, 0.25) is 0 Å². The molecule has 0 aliphatic carbocycles. The van der Waals surface area contributed by atoms with E-state index in [9.17, 15) is 18.0 Å². The van der Waals surface area contributed by atoms with Crippen molar-refractivity contribution >= 4 is 17.4 Å². The van der Waals surface area contributed by atoms with Crippen molar-refractivity contribution in [2.45, 2.75) is 18.6 Å². The minimum atomic E-state index is -1.18. The first-order valence-corrected chi connectivity index (χ1v) is 7.93. The van der Waals surface area contributed by atoms with Crippen LogP contribution in [0.1, 0.15) is 28.5 Å². The number of alkyl halides is 1. The first-order chi connectivity index (χ1) is 12.4. The molecule has 1 saturated heterocycles. The average Bonchev–Trinajstić information content (AvgIpc) is 3.16. The lowest BCUT2D eigenvalue weighted by Gasteiger charge is -2.25. The summed E-state index contributed by atoms with van der Waals surface area (Å²) in [7, 11) is 0. The van der Waals surface area contributed by atoms with Crippen LogP contribution in [0.5, 0.6) is 0 Å². The zero-order valence-corrected chi connectivity index (χ0v) is 13.4. The Kier molecular flexibility index (Phi) is 3.78. The number of hydrogen-bond acceptors (Lipinski definition) is 4. The van der Waals surface area contributed by atoms with Gasteiger partial charge >= 0.3 is 0 Å². The highest BCUT2D eigenvalue weighted by Gasteiger charge is 2.35. The maximum atomic E-state index is 14.1. The fourth-order valence-electron chi connectivity index (χ4n) is 3.31. The Bertz CT molecular complexity index is 985. The molecule has 9 heteroatoms. The molecule has 4 rings (SSSR count). The second kappa shape index (κ2) is 6.01. The summed E-state index contributed by atoms with van der Waals surface area (Å²) in [5, 5.41) is 4.32. The highest BCUT2D eigenvalue weighted by molar-refractivity contribution is 5.91. The van der Waals surface area contributed by atoms with E-state index < -0.39 is 29.8 Å². The number of anilines is 1. The minimum absolute atomic E-state index is 0.0158. The Morgan fingerprint density at radius 1 is 1.19 bits per heavy atom. The quantitative estimate of drug-likeness (QED) is 0.777. The predicted molar refractivity (Wildman–Crippen MR) is 87.5 cm³/mol. The summed E-state index contributed by atoms with van der Waals surface area (Å²) in [6, 6.07) is 5.79. The first kappa shape index (κ1) is 16.4. The van der Waals surface area contributed by atoms with Crippen molar-refractivity contribution < 1.29 is 18.0 Å². The molecular weight excluding hydrogens is 347 g/mol. The molecule has 2 unspecified atom stereocenters. The van der Waals surface area contributed by atoms with Gasteiger partial charge in [-0.2, -0.15) is 0 Å². The Hall–Kier alpha value is -3.10. The van der Waals surface area contributed by atoms with Crippen LogP contribution in [-0.2, 0) is 0 Å². The second-order valence-electron chi connectivity index (χ2n) is 6.17. The second-order valence-corrected chi connectivity index (χ2v) is 6.17. The molecule has 2 N–H and O–H groups in total. The van der Waals surface area contributed by atoms with Crippen molar-refractivity contribution in [2.24, 2.45) is 5.73 Å². The van der Waals surface area contributed by atoms with Crippen molar-refractivity contribution in [3.63, 3.8) is 0 Å². The molecule has 2 aromatic heterocycles. The SMILES string of the molecule is NC(=O)c1cnc2ccc(N3CC(F)CC3c3cc(F)cc(F)c3)nn12. The lowest BCUT2D eigenvalue weighted by atomic mass is 10.0. The van der Waals surface area contributed by atoms with Gasteiger partial charge in [-0.15, -0.1) is 5.10 Å². The summed E-state index contributed by atoms with van der Waals surface area (Å²) in [4.78, 5) is 17.1. The number of fused-ring (bicyclic) bond motifs is 1. The van der Waals surface area contributed by atoms with Crippen LogP contribution in [0.15, 0.2) is 36.5 Å². The maximum Gasteiger partial charge on any atom is 0.269 e. The van der Waals surface area contributed by atoms with E-state index in [1.165, 1.54) is 22.8 Å². The lowest BCUT2D eigenvalue weighted by Crippen LogP contribution is -2.26. The maximum absolute atomic E-state index is 14.1. The van der Waals surface area contributed by atoms with Gasteiger partial charge in [0.1, 0.15) is 29.3 Å². The van der Waals surface area contributed by atoms with Crippen LogP contribution >= 0.6 is 0 Å². The van der Waals surface area contributed by atoms with Crippen LogP contribution in [0.25, 0.3) is 5.65 Å². The summed E-state index contributed by atoms with van der Waals surface area (Å²) in [5.74, 6) is -1.80. The fourth-order valence-corrected chi connectivity index (χ4v) is 3.31. The van der Waals surface area contributed by atoms with Crippen LogP contribution in [-0.4, -0.2) is 33.2 Å². The summed E-state index contributed by atoms with van der Waals surface area (Å²) in [5.41, 5.74) is 6.13. The van der Waals surface area contributed by atoms with Crippen molar-refractivity contribution in [1.82, 2.24) is 14.6 Å².